The zero-order valence-electron chi connectivity index (χ0n) is 11.3. The summed E-state index contributed by atoms with van der Waals surface area (Å²) in [5.74, 6) is 0. The molecule has 20 heavy (non-hydrogen) atoms. The van der Waals surface area contributed by atoms with E-state index in [4.69, 9.17) is 11.6 Å². The summed E-state index contributed by atoms with van der Waals surface area (Å²) in [6.45, 7) is 0. The molecule has 0 aromatic heterocycles. The van der Waals surface area contributed by atoms with Crippen LogP contribution in [0.5, 0.6) is 0 Å². The zero-order valence-corrected chi connectivity index (χ0v) is 12.0. The maximum Gasteiger partial charge on any atom is 0.274 e. The van der Waals surface area contributed by atoms with Gasteiger partial charge in [0.1, 0.15) is 0 Å². The van der Waals surface area contributed by atoms with Crippen LogP contribution in [0.15, 0.2) is 18.2 Å². The predicted molar refractivity (Wildman–Crippen MR) is 77.6 cm³/mol. The maximum absolute atomic E-state index is 11.1. The van der Waals surface area contributed by atoms with Crippen LogP contribution in [0, 0.1) is 26.9 Å². The molecule has 0 N–H and O–H groups in total. The van der Waals surface area contributed by atoms with E-state index in [1.165, 1.54) is 6.07 Å². The van der Waals surface area contributed by atoms with Gasteiger partial charge < -0.3 is 0 Å². The van der Waals surface area contributed by atoms with Gasteiger partial charge in [0.15, 0.2) is 0 Å². The van der Waals surface area contributed by atoms with Gasteiger partial charge in [-0.3, -0.25) is 10.1 Å². The van der Waals surface area contributed by atoms with Gasteiger partial charge in [-0.05, 0) is 25.3 Å². The molecule has 1 aromatic carbocycles. The van der Waals surface area contributed by atoms with E-state index in [9.17, 15) is 15.4 Å². The molecule has 2 rings (SSSR count). The van der Waals surface area contributed by atoms with Crippen molar-refractivity contribution in [2.45, 2.75) is 44.9 Å². The van der Waals surface area contributed by atoms with E-state index in [2.05, 4.69) is 6.07 Å². The molecule has 1 fully saturated rings. The second-order valence-corrected chi connectivity index (χ2v) is 5.88. The summed E-state index contributed by atoms with van der Waals surface area (Å²) in [6, 6.07) is 7.12. The average Bonchev–Trinajstić information content (AvgIpc) is 2.67. The predicted octanol–water partition coefficient (Wildman–Crippen LogP) is 4.65. The normalized spacial score (nSPS) is 18.0. The average molecular weight is 293 g/mol. The quantitative estimate of drug-likeness (QED) is 0.462. The van der Waals surface area contributed by atoms with Crippen molar-refractivity contribution < 1.29 is 4.92 Å². The van der Waals surface area contributed by atoms with Crippen LogP contribution in [0.3, 0.4) is 0 Å². The van der Waals surface area contributed by atoms with Gasteiger partial charge in [0, 0.05) is 11.6 Å². The minimum absolute atomic E-state index is 0.0244. The molecule has 0 saturated heterocycles. The van der Waals surface area contributed by atoms with Crippen LogP contribution in [0.4, 0.5) is 5.69 Å². The summed E-state index contributed by atoms with van der Waals surface area (Å²) in [5, 5.41) is 21.1. The van der Waals surface area contributed by atoms with E-state index >= 15 is 0 Å². The minimum Gasteiger partial charge on any atom is -0.258 e. The highest BCUT2D eigenvalue weighted by Crippen LogP contribution is 2.41. The van der Waals surface area contributed by atoms with Gasteiger partial charge in [0.25, 0.3) is 5.69 Å². The number of nitro groups is 1. The number of benzene rings is 1. The largest absolute Gasteiger partial charge is 0.274 e. The molecular weight excluding hydrogens is 276 g/mol. The molecule has 0 bridgehead atoms. The number of nitriles is 1. The second-order valence-electron chi connectivity index (χ2n) is 5.48. The molecule has 0 aliphatic heterocycles. The number of hydrogen-bond donors (Lipinski definition) is 0. The Labute approximate surface area is 123 Å². The highest BCUT2D eigenvalue weighted by Gasteiger charge is 2.34. The van der Waals surface area contributed by atoms with Crippen molar-refractivity contribution in [1.82, 2.24) is 0 Å². The van der Waals surface area contributed by atoms with Crippen LogP contribution in [0.1, 0.15) is 44.1 Å². The van der Waals surface area contributed by atoms with Gasteiger partial charge >= 0.3 is 0 Å². The Bertz CT molecular complexity index is 543. The summed E-state index contributed by atoms with van der Waals surface area (Å²) >= 11 is 6.14. The van der Waals surface area contributed by atoms with Gasteiger partial charge in [-0.15, -0.1) is 0 Å². The fourth-order valence-corrected chi connectivity index (χ4v) is 3.20. The van der Waals surface area contributed by atoms with Crippen LogP contribution in [0.2, 0.25) is 5.02 Å². The Balaban J connectivity index is 2.37. The third-order valence-electron chi connectivity index (χ3n) is 4.10. The molecule has 5 heteroatoms. The van der Waals surface area contributed by atoms with Crippen LogP contribution in [0.25, 0.3) is 0 Å². The second kappa shape index (κ2) is 6.23. The van der Waals surface area contributed by atoms with Crippen molar-refractivity contribution in [2.24, 2.45) is 5.41 Å². The molecule has 1 saturated carbocycles. The SMILES string of the molecule is N#CC1(Cc2c(Cl)cccc2[N+](=O)[O-])CCCCCC1. The molecule has 1 aromatic rings. The molecule has 106 valence electrons. The summed E-state index contributed by atoms with van der Waals surface area (Å²) in [6.07, 6.45) is 6.25. The van der Waals surface area contributed by atoms with Crippen LogP contribution >= 0.6 is 11.6 Å². The van der Waals surface area contributed by atoms with E-state index in [1.807, 2.05) is 0 Å². The van der Waals surface area contributed by atoms with Gasteiger partial charge in [-0.1, -0.05) is 43.4 Å². The molecule has 4 nitrogen and oxygen atoms in total. The van der Waals surface area contributed by atoms with Gasteiger partial charge in [0.2, 0.25) is 0 Å². The summed E-state index contributed by atoms with van der Waals surface area (Å²) < 4.78 is 0. The Morgan fingerprint density at radius 3 is 2.50 bits per heavy atom. The first-order valence-corrected chi connectivity index (χ1v) is 7.29. The van der Waals surface area contributed by atoms with Crippen molar-refractivity contribution in [1.29, 1.82) is 5.26 Å². The van der Waals surface area contributed by atoms with Crippen molar-refractivity contribution >= 4 is 17.3 Å². The van der Waals surface area contributed by atoms with Crippen molar-refractivity contribution in [2.75, 3.05) is 0 Å². The highest BCUT2D eigenvalue weighted by atomic mass is 35.5. The number of nitro benzene ring substituents is 1. The van der Waals surface area contributed by atoms with Crippen LogP contribution in [-0.4, -0.2) is 4.92 Å². The Morgan fingerprint density at radius 2 is 1.95 bits per heavy atom. The molecule has 0 spiro atoms. The molecule has 0 atom stereocenters. The molecule has 1 aliphatic rings. The van der Waals surface area contributed by atoms with Gasteiger partial charge in [0.05, 0.1) is 21.4 Å². The summed E-state index contributed by atoms with van der Waals surface area (Å²) in [7, 11) is 0. The maximum atomic E-state index is 11.1. The number of nitrogens with zero attached hydrogens (tertiary/aromatic N) is 2. The molecule has 0 radical (unpaired) electrons. The topological polar surface area (TPSA) is 66.9 Å². The Kier molecular flexibility index (Phi) is 4.61. The van der Waals surface area contributed by atoms with Gasteiger partial charge in [-0.2, -0.15) is 5.26 Å². The highest BCUT2D eigenvalue weighted by molar-refractivity contribution is 6.31. The van der Waals surface area contributed by atoms with Crippen molar-refractivity contribution in [3.8, 4) is 6.07 Å². The van der Waals surface area contributed by atoms with E-state index in [0.717, 1.165) is 38.5 Å². The molecular formula is C15H17ClN2O2. The first-order chi connectivity index (χ1) is 9.58. The smallest absolute Gasteiger partial charge is 0.258 e. The zero-order chi connectivity index (χ0) is 14.6. The van der Waals surface area contributed by atoms with Crippen LogP contribution < -0.4 is 0 Å². The summed E-state index contributed by atoms with van der Waals surface area (Å²) in [5.41, 5.74) is 0.0192. The van der Waals surface area contributed by atoms with E-state index < -0.39 is 10.3 Å². The standard InChI is InChI=1S/C15H17ClN2O2/c16-13-6-5-7-14(18(19)20)12(13)10-15(11-17)8-3-1-2-4-9-15/h5-7H,1-4,8-10H2. The first kappa shape index (κ1) is 14.8. The number of halogens is 1. The fourth-order valence-electron chi connectivity index (χ4n) is 2.97. The molecule has 1 aliphatic carbocycles. The minimum atomic E-state index is -0.508. The molecule has 0 amide bonds. The van der Waals surface area contributed by atoms with Gasteiger partial charge in [-0.25, -0.2) is 0 Å². The Hall–Kier alpha value is -1.60. The molecule has 0 unspecified atom stereocenters. The van der Waals surface area contributed by atoms with E-state index in [0.29, 0.717) is 17.0 Å². The Morgan fingerprint density at radius 1 is 1.30 bits per heavy atom. The lowest BCUT2D eigenvalue weighted by Crippen LogP contribution is -2.21. The van der Waals surface area contributed by atoms with E-state index in [-0.39, 0.29) is 5.69 Å². The van der Waals surface area contributed by atoms with Crippen LogP contribution in [-0.2, 0) is 6.42 Å². The number of hydrogen-bond acceptors (Lipinski definition) is 3. The number of rotatable bonds is 3. The monoisotopic (exact) mass is 292 g/mol. The molecule has 0 heterocycles. The third-order valence-corrected chi connectivity index (χ3v) is 4.46. The lowest BCUT2D eigenvalue weighted by Gasteiger charge is -2.25. The van der Waals surface area contributed by atoms with Crippen molar-refractivity contribution in [3.05, 3.63) is 38.9 Å². The fraction of sp³-hybridized carbons (Fsp3) is 0.533. The van der Waals surface area contributed by atoms with E-state index in [1.54, 1.807) is 12.1 Å². The first-order valence-electron chi connectivity index (χ1n) is 6.91. The summed E-state index contributed by atoms with van der Waals surface area (Å²) in [4.78, 5) is 10.7. The van der Waals surface area contributed by atoms with Crippen molar-refractivity contribution in [3.63, 3.8) is 0 Å². The lowest BCUT2D eigenvalue weighted by molar-refractivity contribution is -0.385. The lowest BCUT2D eigenvalue weighted by atomic mass is 9.76. The third kappa shape index (κ3) is 3.10.